The van der Waals surface area contributed by atoms with Gasteiger partial charge in [-0.3, -0.25) is 9.78 Å². The fourth-order valence-corrected chi connectivity index (χ4v) is 3.41. The van der Waals surface area contributed by atoms with Gasteiger partial charge in [-0.25, -0.2) is 4.79 Å². The first-order valence-electron chi connectivity index (χ1n) is 7.81. The number of hydrogen-bond acceptors (Lipinski definition) is 4. The quantitative estimate of drug-likeness (QED) is 0.554. The molecule has 2 heterocycles. The molecule has 0 saturated heterocycles. The van der Waals surface area contributed by atoms with Crippen LogP contribution in [0.25, 0.3) is 21.3 Å². The van der Waals surface area contributed by atoms with Gasteiger partial charge in [0.05, 0.1) is 21.3 Å². The number of benzene rings is 1. The van der Waals surface area contributed by atoms with Crippen LogP contribution in [0.2, 0.25) is 0 Å². The van der Waals surface area contributed by atoms with Crippen LogP contribution in [-0.4, -0.2) is 14.3 Å². The molecule has 5 nitrogen and oxygen atoms in total. The van der Waals surface area contributed by atoms with Crippen molar-refractivity contribution in [2.24, 2.45) is 0 Å². The van der Waals surface area contributed by atoms with Crippen LogP contribution in [0, 0.1) is 6.92 Å². The van der Waals surface area contributed by atoms with Gasteiger partial charge in [0, 0.05) is 5.56 Å². The van der Waals surface area contributed by atoms with Crippen molar-refractivity contribution in [2.75, 3.05) is 0 Å². The zero-order valence-corrected chi connectivity index (χ0v) is 15.4. The van der Waals surface area contributed by atoms with Crippen LogP contribution in [-0.2, 0) is 12.4 Å². The monoisotopic (exact) mass is 425 g/mol. The minimum Gasteiger partial charge on any atom is -0.307 e. The molecule has 0 bridgehead atoms. The van der Waals surface area contributed by atoms with Crippen molar-refractivity contribution in [3.63, 3.8) is 0 Å². The number of rotatable bonds is 1. The van der Waals surface area contributed by atoms with E-state index in [4.69, 9.17) is 0 Å². The summed E-state index contributed by atoms with van der Waals surface area (Å²) in [5.74, 6) is 0. The molecule has 2 N–H and O–H groups in total. The lowest BCUT2D eigenvalue weighted by atomic mass is 9.96. The Labute approximate surface area is 157 Å². The van der Waals surface area contributed by atoms with E-state index in [9.17, 15) is 35.9 Å². The third-order valence-electron chi connectivity index (χ3n) is 3.64. The Morgan fingerprint density at radius 2 is 1.57 bits per heavy atom. The normalized spacial score (nSPS) is 12.0. The van der Waals surface area contributed by atoms with Gasteiger partial charge in [0.1, 0.15) is 0 Å². The van der Waals surface area contributed by atoms with E-state index in [-0.39, 0.29) is 27.5 Å². The maximum absolute atomic E-state index is 13.5. The molecule has 0 fully saturated rings. The minimum absolute atomic E-state index is 0.185. The maximum atomic E-state index is 13.5. The number of nitrogens with zero attached hydrogens (tertiary/aromatic N) is 1. The van der Waals surface area contributed by atoms with E-state index in [1.807, 2.05) is 18.8 Å². The van der Waals surface area contributed by atoms with Crippen molar-refractivity contribution in [3.05, 3.63) is 49.8 Å². The first-order valence-corrected chi connectivity index (χ1v) is 8.58. The van der Waals surface area contributed by atoms with Crippen molar-refractivity contribution in [3.8, 4) is 10.4 Å². The van der Waals surface area contributed by atoms with Crippen LogP contribution in [0.5, 0.6) is 0 Å². The van der Waals surface area contributed by atoms with Crippen LogP contribution in [0.1, 0.15) is 30.7 Å². The summed E-state index contributed by atoms with van der Waals surface area (Å²) in [6, 6.07) is 0.999. The van der Waals surface area contributed by atoms with Gasteiger partial charge in [0.15, 0.2) is 5.69 Å². The van der Waals surface area contributed by atoms with Crippen molar-refractivity contribution in [1.82, 2.24) is 14.3 Å². The lowest BCUT2D eigenvalue weighted by molar-refractivity contribution is -0.140. The summed E-state index contributed by atoms with van der Waals surface area (Å²) < 4.78 is 81.8. The Hall–Kier alpha value is -2.63. The molecule has 0 unspecified atom stereocenters. The number of fused-ring (bicyclic) bond motifs is 1. The summed E-state index contributed by atoms with van der Waals surface area (Å²) in [7, 11) is 0. The summed E-state index contributed by atoms with van der Waals surface area (Å²) in [5.41, 5.74) is -5.55. The third kappa shape index (κ3) is 3.96. The summed E-state index contributed by atoms with van der Waals surface area (Å²) in [6.07, 6.45) is -9.76. The average Bonchev–Trinajstić information content (AvgIpc) is 3.06. The van der Waals surface area contributed by atoms with Crippen LogP contribution in [0.3, 0.4) is 0 Å². The smallest absolute Gasteiger partial charge is 0.307 e. The van der Waals surface area contributed by atoms with Crippen LogP contribution in [0.4, 0.5) is 26.3 Å². The molecular weight excluding hydrogens is 412 g/mol. The number of alkyl halides is 6. The largest absolute Gasteiger partial charge is 0.434 e. The van der Waals surface area contributed by atoms with E-state index < -0.39 is 45.8 Å². The minimum atomic E-state index is -4.95. The fraction of sp³-hybridized carbons (Fsp3) is 0.312. The van der Waals surface area contributed by atoms with Crippen molar-refractivity contribution in [2.45, 2.75) is 33.1 Å². The zero-order chi connectivity index (χ0) is 21.4. The zero-order valence-electron chi connectivity index (χ0n) is 14.6. The highest BCUT2D eigenvalue weighted by molar-refractivity contribution is 7.09. The van der Waals surface area contributed by atoms with Gasteiger partial charge in [-0.2, -0.15) is 30.7 Å². The van der Waals surface area contributed by atoms with Gasteiger partial charge < -0.3 is 4.98 Å². The molecule has 152 valence electrons. The molecule has 2 aromatic heterocycles. The topological polar surface area (TPSA) is 78.6 Å². The lowest BCUT2D eigenvalue weighted by Gasteiger charge is -2.16. The highest BCUT2D eigenvalue weighted by Gasteiger charge is 2.38. The van der Waals surface area contributed by atoms with E-state index in [1.54, 1.807) is 0 Å². The van der Waals surface area contributed by atoms with Crippen molar-refractivity contribution >= 4 is 22.4 Å². The second kappa shape index (κ2) is 7.41. The molecule has 0 aliphatic carbocycles. The van der Waals surface area contributed by atoms with Crippen LogP contribution < -0.4 is 11.2 Å². The van der Waals surface area contributed by atoms with E-state index in [0.29, 0.717) is 12.1 Å². The highest BCUT2D eigenvalue weighted by Crippen LogP contribution is 2.43. The molecule has 0 aliphatic heterocycles. The molecule has 0 atom stereocenters. The standard InChI is InChI=1S/C14H7F6N3O2S.C2H6/c1-4-9(7-3-8(23-26-7)14(18,19)20)6(13(15,16)17)2-5-10(4)21-12(25)22-11(5)24;1-2/h2-3H,1H3,(H2,21,22,24,25);1-2H3. The second-order valence-corrected chi connectivity index (χ2v) is 6.13. The van der Waals surface area contributed by atoms with Gasteiger partial charge in [0.2, 0.25) is 0 Å². The molecule has 1 aromatic carbocycles. The Bertz CT molecular complexity index is 1120. The van der Waals surface area contributed by atoms with Gasteiger partial charge in [-0.15, -0.1) is 0 Å². The van der Waals surface area contributed by atoms with E-state index in [0.717, 1.165) is 0 Å². The number of hydrogen-bond donors (Lipinski definition) is 2. The van der Waals surface area contributed by atoms with Gasteiger partial charge >= 0.3 is 18.0 Å². The first-order chi connectivity index (χ1) is 12.9. The average molecular weight is 425 g/mol. The first kappa shape index (κ1) is 21.7. The number of aromatic nitrogens is 3. The van der Waals surface area contributed by atoms with Gasteiger partial charge in [-0.05, 0) is 36.2 Å². The third-order valence-corrected chi connectivity index (χ3v) is 4.45. The number of H-pyrrole nitrogens is 2. The van der Waals surface area contributed by atoms with Crippen molar-refractivity contribution in [1.29, 1.82) is 0 Å². The molecule has 12 heteroatoms. The Kier molecular flexibility index (Phi) is 5.74. The van der Waals surface area contributed by atoms with E-state index >= 15 is 0 Å². The molecule has 0 radical (unpaired) electrons. The summed E-state index contributed by atoms with van der Waals surface area (Å²) in [5, 5.41) is -0.432. The molecule has 0 spiro atoms. The molecule has 28 heavy (non-hydrogen) atoms. The molecule has 0 saturated carbocycles. The fourth-order valence-electron chi connectivity index (χ4n) is 2.54. The molecule has 3 aromatic rings. The Morgan fingerprint density at radius 3 is 2.07 bits per heavy atom. The lowest BCUT2D eigenvalue weighted by Crippen LogP contribution is -2.23. The number of halogens is 6. The maximum Gasteiger partial charge on any atom is 0.434 e. The van der Waals surface area contributed by atoms with E-state index in [1.165, 1.54) is 6.92 Å². The SMILES string of the molecule is CC.Cc1c(-c2cc(C(F)(F)F)ns2)c(C(F)(F)F)cc2c(=O)[nH]c(=O)[nH]c12. The summed E-state index contributed by atoms with van der Waals surface area (Å²) >= 11 is 0.243. The number of aryl methyl sites for hydroxylation is 1. The molecular formula is C16H13F6N3O2S. The molecule has 0 aliphatic rings. The van der Waals surface area contributed by atoms with Gasteiger partial charge in [-0.1, -0.05) is 13.8 Å². The predicted octanol–water partition coefficient (Wildman–Crippen LogP) is 4.71. The number of nitrogens with one attached hydrogen (secondary N) is 2. The highest BCUT2D eigenvalue weighted by atomic mass is 32.1. The molecule has 0 amide bonds. The summed E-state index contributed by atoms with van der Waals surface area (Å²) in [4.78, 5) is 26.9. The van der Waals surface area contributed by atoms with Crippen molar-refractivity contribution < 1.29 is 26.3 Å². The summed E-state index contributed by atoms with van der Waals surface area (Å²) in [6.45, 7) is 5.18. The van der Waals surface area contributed by atoms with Crippen LogP contribution in [0.15, 0.2) is 21.7 Å². The van der Waals surface area contributed by atoms with Crippen LogP contribution >= 0.6 is 11.5 Å². The Balaban J connectivity index is 0.00000136. The number of aromatic amines is 2. The van der Waals surface area contributed by atoms with E-state index in [2.05, 4.69) is 9.36 Å². The Morgan fingerprint density at radius 1 is 0.964 bits per heavy atom. The second-order valence-electron chi connectivity index (χ2n) is 5.33. The van der Waals surface area contributed by atoms with Gasteiger partial charge in [0.25, 0.3) is 5.56 Å². The predicted molar refractivity (Wildman–Crippen MR) is 92.4 cm³/mol. The molecule has 3 rings (SSSR count).